The molecule has 118 valence electrons. The summed E-state index contributed by atoms with van der Waals surface area (Å²) in [6.45, 7) is 7.59. The van der Waals surface area contributed by atoms with Gasteiger partial charge in [-0.1, -0.05) is 6.08 Å². The van der Waals surface area contributed by atoms with Crippen molar-refractivity contribution in [3.63, 3.8) is 0 Å². The van der Waals surface area contributed by atoms with E-state index in [-0.39, 0.29) is 36.3 Å². The second kappa shape index (κ2) is 11.3. The molecular formula is C14H20F2IN3O. The summed E-state index contributed by atoms with van der Waals surface area (Å²) in [5, 5.41) is 6.10. The van der Waals surface area contributed by atoms with Gasteiger partial charge in [0, 0.05) is 19.2 Å². The predicted molar refractivity (Wildman–Crippen MR) is 91.4 cm³/mol. The Bertz CT molecular complexity index is 470. The van der Waals surface area contributed by atoms with Gasteiger partial charge in [0.05, 0.1) is 6.54 Å². The summed E-state index contributed by atoms with van der Waals surface area (Å²) < 4.78 is 30.9. The van der Waals surface area contributed by atoms with Gasteiger partial charge in [-0.3, -0.25) is 0 Å². The molecule has 0 aromatic heterocycles. The summed E-state index contributed by atoms with van der Waals surface area (Å²) >= 11 is 0. The number of benzene rings is 1. The Hall–Kier alpha value is -1.38. The van der Waals surface area contributed by atoms with Crippen molar-refractivity contribution in [2.45, 2.75) is 6.92 Å². The first-order valence-corrected chi connectivity index (χ1v) is 6.38. The molecule has 2 N–H and O–H groups in total. The van der Waals surface area contributed by atoms with E-state index >= 15 is 0 Å². The van der Waals surface area contributed by atoms with E-state index < -0.39 is 11.6 Å². The number of rotatable bonds is 7. The van der Waals surface area contributed by atoms with Crippen LogP contribution in [0.5, 0.6) is 5.75 Å². The molecule has 0 aliphatic heterocycles. The third-order valence-electron chi connectivity index (χ3n) is 2.28. The van der Waals surface area contributed by atoms with Crippen molar-refractivity contribution in [2.24, 2.45) is 4.99 Å². The summed E-state index contributed by atoms with van der Waals surface area (Å²) in [7, 11) is 0. The molecule has 0 aliphatic rings. The normalized spacial score (nSPS) is 10.5. The molecule has 0 unspecified atom stereocenters. The van der Waals surface area contributed by atoms with E-state index in [4.69, 9.17) is 4.74 Å². The van der Waals surface area contributed by atoms with Crippen LogP contribution in [0, 0.1) is 11.6 Å². The van der Waals surface area contributed by atoms with E-state index in [1.807, 2.05) is 6.92 Å². The highest BCUT2D eigenvalue weighted by atomic mass is 127. The minimum Gasteiger partial charge on any atom is -0.492 e. The van der Waals surface area contributed by atoms with Gasteiger partial charge in [0.25, 0.3) is 0 Å². The smallest absolute Gasteiger partial charge is 0.191 e. The molecule has 0 atom stereocenters. The summed E-state index contributed by atoms with van der Waals surface area (Å²) in [4.78, 5) is 4.26. The first-order chi connectivity index (χ1) is 9.67. The van der Waals surface area contributed by atoms with E-state index in [0.717, 1.165) is 18.7 Å². The summed E-state index contributed by atoms with van der Waals surface area (Å²) in [5.74, 6) is -0.880. The monoisotopic (exact) mass is 411 g/mol. The number of aliphatic imine (C=N–C) groups is 1. The van der Waals surface area contributed by atoms with Crippen molar-refractivity contribution in [3.05, 3.63) is 42.5 Å². The molecule has 0 amide bonds. The van der Waals surface area contributed by atoms with E-state index in [1.54, 1.807) is 6.08 Å². The molecule has 4 nitrogen and oxygen atoms in total. The standard InChI is InChI=1S/C14H19F2N3O.HI/c1-3-7-18-14(17-4-2)19-8-9-20-11-5-6-12(15)13(16)10-11;/h3,5-6,10H,1,4,7-9H2,2H3,(H2,17,18,19);1H. The van der Waals surface area contributed by atoms with Crippen molar-refractivity contribution < 1.29 is 13.5 Å². The van der Waals surface area contributed by atoms with Crippen LogP contribution in [0.15, 0.2) is 35.8 Å². The highest BCUT2D eigenvalue weighted by Crippen LogP contribution is 2.14. The van der Waals surface area contributed by atoms with Gasteiger partial charge in [-0.05, 0) is 19.1 Å². The largest absolute Gasteiger partial charge is 0.492 e. The predicted octanol–water partition coefficient (Wildman–Crippen LogP) is 2.70. The lowest BCUT2D eigenvalue weighted by atomic mass is 10.3. The van der Waals surface area contributed by atoms with Crippen LogP contribution in [-0.2, 0) is 0 Å². The molecule has 0 saturated heterocycles. The van der Waals surface area contributed by atoms with E-state index in [2.05, 4.69) is 22.2 Å². The van der Waals surface area contributed by atoms with Crippen LogP contribution in [-0.4, -0.2) is 32.2 Å². The van der Waals surface area contributed by atoms with E-state index in [0.29, 0.717) is 19.0 Å². The molecule has 1 aromatic rings. The number of hydrogen-bond acceptors (Lipinski definition) is 2. The number of halogens is 3. The Kier molecular flexibility index (Phi) is 10.6. The van der Waals surface area contributed by atoms with Crippen molar-refractivity contribution in [1.29, 1.82) is 0 Å². The molecule has 0 bridgehead atoms. The van der Waals surface area contributed by atoms with Crippen LogP contribution in [0.3, 0.4) is 0 Å². The van der Waals surface area contributed by atoms with Gasteiger partial charge in [0.15, 0.2) is 17.6 Å². The lowest BCUT2D eigenvalue weighted by molar-refractivity contribution is 0.325. The highest BCUT2D eigenvalue weighted by molar-refractivity contribution is 14.0. The third kappa shape index (κ3) is 7.84. The number of hydrogen-bond donors (Lipinski definition) is 2. The molecule has 7 heteroatoms. The van der Waals surface area contributed by atoms with Gasteiger partial charge in [0.1, 0.15) is 12.4 Å². The Morgan fingerprint density at radius 2 is 2.10 bits per heavy atom. The van der Waals surface area contributed by atoms with Crippen LogP contribution in [0.2, 0.25) is 0 Å². The minimum atomic E-state index is -0.924. The SMILES string of the molecule is C=CCNC(=NCCOc1ccc(F)c(F)c1)NCC.I. The maximum absolute atomic E-state index is 12.9. The second-order valence-corrected chi connectivity index (χ2v) is 3.85. The van der Waals surface area contributed by atoms with Gasteiger partial charge in [-0.15, -0.1) is 30.6 Å². The zero-order valence-electron chi connectivity index (χ0n) is 11.9. The van der Waals surface area contributed by atoms with Crippen LogP contribution in [0.1, 0.15) is 6.92 Å². The molecule has 0 heterocycles. The van der Waals surface area contributed by atoms with Crippen LogP contribution >= 0.6 is 24.0 Å². The Morgan fingerprint density at radius 1 is 1.33 bits per heavy atom. The average Bonchev–Trinajstić information content (AvgIpc) is 2.44. The Labute approximate surface area is 140 Å². The summed E-state index contributed by atoms with van der Waals surface area (Å²) in [6, 6.07) is 3.42. The number of guanidine groups is 1. The molecule has 0 radical (unpaired) electrons. The number of nitrogens with zero attached hydrogens (tertiary/aromatic N) is 1. The molecule has 21 heavy (non-hydrogen) atoms. The van der Waals surface area contributed by atoms with Crippen molar-refractivity contribution >= 4 is 29.9 Å². The molecule has 0 saturated carbocycles. The zero-order chi connectivity index (χ0) is 14.8. The molecule has 1 aromatic carbocycles. The Morgan fingerprint density at radius 3 is 2.71 bits per heavy atom. The average molecular weight is 411 g/mol. The maximum atomic E-state index is 12.9. The fraction of sp³-hybridized carbons (Fsp3) is 0.357. The summed E-state index contributed by atoms with van der Waals surface area (Å²) in [5.41, 5.74) is 0. The van der Waals surface area contributed by atoms with E-state index in [9.17, 15) is 8.78 Å². The fourth-order valence-corrected chi connectivity index (χ4v) is 1.40. The molecule has 0 spiro atoms. The Balaban J connectivity index is 0.00000400. The van der Waals surface area contributed by atoms with Gasteiger partial charge in [-0.25, -0.2) is 13.8 Å². The van der Waals surface area contributed by atoms with Crippen LogP contribution in [0.25, 0.3) is 0 Å². The maximum Gasteiger partial charge on any atom is 0.191 e. The van der Waals surface area contributed by atoms with Crippen molar-refractivity contribution in [1.82, 2.24) is 10.6 Å². The van der Waals surface area contributed by atoms with Crippen molar-refractivity contribution in [3.8, 4) is 5.75 Å². The molecule has 0 aliphatic carbocycles. The minimum absolute atomic E-state index is 0. The van der Waals surface area contributed by atoms with Gasteiger partial charge < -0.3 is 15.4 Å². The zero-order valence-corrected chi connectivity index (χ0v) is 14.2. The van der Waals surface area contributed by atoms with Crippen LogP contribution in [0.4, 0.5) is 8.78 Å². The van der Waals surface area contributed by atoms with E-state index in [1.165, 1.54) is 6.07 Å². The first kappa shape index (κ1) is 19.6. The summed E-state index contributed by atoms with van der Waals surface area (Å²) in [6.07, 6.45) is 1.73. The first-order valence-electron chi connectivity index (χ1n) is 6.38. The quantitative estimate of drug-likeness (QED) is 0.239. The van der Waals surface area contributed by atoms with Crippen LogP contribution < -0.4 is 15.4 Å². The lowest BCUT2D eigenvalue weighted by Gasteiger charge is -2.10. The topological polar surface area (TPSA) is 45.7 Å². The fourth-order valence-electron chi connectivity index (χ4n) is 1.40. The number of ether oxygens (including phenoxy) is 1. The highest BCUT2D eigenvalue weighted by Gasteiger charge is 2.02. The van der Waals surface area contributed by atoms with Gasteiger partial charge in [0.2, 0.25) is 0 Å². The third-order valence-corrected chi connectivity index (χ3v) is 2.28. The molecule has 1 rings (SSSR count). The van der Waals surface area contributed by atoms with Crippen molar-refractivity contribution in [2.75, 3.05) is 26.2 Å². The van der Waals surface area contributed by atoms with Gasteiger partial charge >= 0.3 is 0 Å². The molecule has 0 fully saturated rings. The lowest BCUT2D eigenvalue weighted by Crippen LogP contribution is -2.37. The second-order valence-electron chi connectivity index (χ2n) is 3.85. The molecular weight excluding hydrogens is 391 g/mol. The number of nitrogens with one attached hydrogen (secondary N) is 2. The van der Waals surface area contributed by atoms with Gasteiger partial charge in [-0.2, -0.15) is 0 Å².